The van der Waals surface area contributed by atoms with Crippen LogP contribution < -0.4 is 9.47 Å². The molecule has 1 unspecified atom stereocenters. The lowest BCUT2D eigenvalue weighted by atomic mass is 10.1. The number of sulfonamides is 1. The number of ether oxygens (including phenoxy) is 2. The van der Waals surface area contributed by atoms with Crippen LogP contribution in [-0.2, 0) is 27.8 Å². The third-order valence-electron chi connectivity index (χ3n) is 6.33. The molecule has 0 aliphatic rings. The fraction of sp³-hybridized carbons (Fsp3) is 0.345. The van der Waals surface area contributed by atoms with Gasteiger partial charge in [0, 0.05) is 22.9 Å². The van der Waals surface area contributed by atoms with E-state index in [0.29, 0.717) is 37.4 Å². The minimum atomic E-state index is -3.83. The van der Waals surface area contributed by atoms with Crippen LogP contribution in [0.1, 0.15) is 36.3 Å². The molecule has 7 nitrogen and oxygen atoms in total. The van der Waals surface area contributed by atoms with E-state index in [1.165, 1.54) is 9.71 Å². The molecule has 1 amide bonds. The van der Waals surface area contributed by atoms with Gasteiger partial charge in [0.25, 0.3) is 0 Å². The fourth-order valence-corrected chi connectivity index (χ4v) is 6.07. The first-order valence-corrected chi connectivity index (χ1v) is 14.9. The van der Waals surface area contributed by atoms with Crippen molar-refractivity contribution >= 4 is 33.3 Å². The number of nitrogens with zero attached hydrogens (tertiary/aromatic N) is 2. The summed E-state index contributed by atoms with van der Waals surface area (Å²) in [5.74, 6) is 1.02. The van der Waals surface area contributed by atoms with Crippen molar-refractivity contribution in [3.05, 3.63) is 87.5 Å². The molecule has 0 aliphatic heterocycles. The van der Waals surface area contributed by atoms with Crippen molar-refractivity contribution in [1.29, 1.82) is 0 Å². The van der Waals surface area contributed by atoms with Crippen LogP contribution in [0.15, 0.2) is 71.5 Å². The molecule has 2 aromatic carbocycles. The first-order chi connectivity index (χ1) is 18.3. The van der Waals surface area contributed by atoms with Crippen molar-refractivity contribution < 1.29 is 22.7 Å². The number of rotatable bonds is 14. The number of amides is 1. The molecule has 1 atom stereocenters. The molecule has 0 bridgehead atoms. The number of thiophene rings is 1. The molecule has 3 rings (SSSR count). The van der Waals surface area contributed by atoms with Crippen molar-refractivity contribution in [2.45, 2.75) is 39.3 Å². The van der Waals surface area contributed by atoms with Gasteiger partial charge >= 0.3 is 0 Å². The zero-order valence-electron chi connectivity index (χ0n) is 22.4. The van der Waals surface area contributed by atoms with Crippen molar-refractivity contribution in [1.82, 2.24) is 9.21 Å². The summed E-state index contributed by atoms with van der Waals surface area (Å²) >= 11 is 1.57. The molecule has 1 aromatic heterocycles. The lowest BCUT2D eigenvalue weighted by molar-refractivity contribution is -0.132. The van der Waals surface area contributed by atoms with Crippen molar-refractivity contribution in [2.75, 3.05) is 27.3 Å². The Morgan fingerprint density at radius 3 is 2.39 bits per heavy atom. The maximum atomic E-state index is 13.6. The number of carbonyl (C=O) groups excluding carboxylic acids is 1. The van der Waals surface area contributed by atoms with Crippen molar-refractivity contribution in [3.63, 3.8) is 0 Å². The van der Waals surface area contributed by atoms with E-state index in [1.807, 2.05) is 79.9 Å². The normalized spacial score (nSPS) is 12.6. The number of carbonyl (C=O) groups is 1. The van der Waals surface area contributed by atoms with Crippen LogP contribution >= 0.6 is 11.3 Å². The van der Waals surface area contributed by atoms with E-state index >= 15 is 0 Å². The second-order valence-corrected chi connectivity index (χ2v) is 11.7. The van der Waals surface area contributed by atoms with Gasteiger partial charge in [-0.2, -0.15) is 4.31 Å². The Morgan fingerprint density at radius 1 is 1.03 bits per heavy atom. The SMILES string of the molecule is CCC(C)N(CC(=O)N(CCc1ccc(OC)c(OC)c1)Cc1cccs1)S(=O)(=O)/C=C/c1ccccc1. The number of methoxy groups -OCH3 is 2. The lowest BCUT2D eigenvalue weighted by Crippen LogP contribution is -2.46. The van der Waals surface area contributed by atoms with Gasteiger partial charge in [-0.25, -0.2) is 8.42 Å². The Balaban J connectivity index is 1.81. The average molecular weight is 557 g/mol. The maximum absolute atomic E-state index is 13.6. The monoisotopic (exact) mass is 556 g/mol. The molecule has 0 fully saturated rings. The Morgan fingerprint density at radius 2 is 1.76 bits per heavy atom. The van der Waals surface area contributed by atoms with Crippen LogP contribution in [0.5, 0.6) is 11.5 Å². The Labute approximate surface area is 230 Å². The quantitative estimate of drug-likeness (QED) is 0.264. The average Bonchev–Trinajstić information content (AvgIpc) is 3.46. The third-order valence-corrected chi connectivity index (χ3v) is 8.81. The zero-order valence-corrected chi connectivity index (χ0v) is 24.0. The van der Waals surface area contributed by atoms with Crippen LogP contribution in [0.2, 0.25) is 0 Å². The summed E-state index contributed by atoms with van der Waals surface area (Å²) in [5, 5.41) is 3.16. The molecule has 38 heavy (non-hydrogen) atoms. The summed E-state index contributed by atoms with van der Waals surface area (Å²) in [7, 11) is -0.653. The van der Waals surface area contributed by atoms with Crippen molar-refractivity contribution in [2.24, 2.45) is 0 Å². The predicted molar refractivity (Wildman–Crippen MR) is 154 cm³/mol. The van der Waals surface area contributed by atoms with Gasteiger partial charge in [-0.3, -0.25) is 4.79 Å². The van der Waals surface area contributed by atoms with E-state index in [9.17, 15) is 13.2 Å². The van der Waals surface area contributed by atoms with Gasteiger partial charge in [-0.1, -0.05) is 49.4 Å². The highest BCUT2D eigenvalue weighted by atomic mass is 32.2. The highest BCUT2D eigenvalue weighted by Gasteiger charge is 2.29. The number of benzene rings is 2. The molecule has 3 aromatic rings. The lowest BCUT2D eigenvalue weighted by Gasteiger charge is -2.29. The largest absolute Gasteiger partial charge is 0.493 e. The molecule has 0 saturated carbocycles. The molecule has 0 saturated heterocycles. The van der Waals surface area contributed by atoms with Gasteiger partial charge in [0.2, 0.25) is 15.9 Å². The smallest absolute Gasteiger partial charge is 0.238 e. The van der Waals surface area contributed by atoms with Crippen LogP contribution in [-0.4, -0.2) is 56.9 Å². The summed E-state index contributed by atoms with van der Waals surface area (Å²) in [4.78, 5) is 16.4. The van der Waals surface area contributed by atoms with Gasteiger partial charge < -0.3 is 14.4 Å². The van der Waals surface area contributed by atoms with Gasteiger partial charge in [0.1, 0.15) is 0 Å². The molecular weight excluding hydrogens is 520 g/mol. The highest BCUT2D eigenvalue weighted by Crippen LogP contribution is 2.28. The predicted octanol–water partition coefficient (Wildman–Crippen LogP) is 5.44. The standard InChI is InChI=1S/C29H36N2O5S2/c1-5-23(2)31(38(33,34)19-16-24-10-7-6-8-11-24)22-29(32)30(21-26-12-9-18-37-26)17-15-25-13-14-27(35-3)28(20-25)36-4/h6-14,16,18-20,23H,5,15,17,21-22H2,1-4H3/b19-16+. The van der Waals surface area contributed by atoms with E-state index in [1.54, 1.807) is 36.5 Å². The number of hydrogen-bond donors (Lipinski definition) is 0. The second-order valence-electron chi connectivity index (χ2n) is 8.89. The summed E-state index contributed by atoms with van der Waals surface area (Å²) in [6.07, 6.45) is 2.74. The van der Waals surface area contributed by atoms with Crippen LogP contribution in [0, 0.1) is 0 Å². The first kappa shape index (κ1) is 29.4. The van der Waals surface area contributed by atoms with Crippen LogP contribution in [0.4, 0.5) is 0 Å². The summed E-state index contributed by atoms with van der Waals surface area (Å²) in [6.45, 7) is 4.36. The molecular formula is C29H36N2O5S2. The van der Waals surface area contributed by atoms with Crippen LogP contribution in [0.25, 0.3) is 6.08 Å². The van der Waals surface area contributed by atoms with Crippen molar-refractivity contribution in [3.8, 4) is 11.5 Å². The summed E-state index contributed by atoms with van der Waals surface area (Å²) in [5.41, 5.74) is 1.77. The first-order valence-electron chi connectivity index (χ1n) is 12.5. The van der Waals surface area contributed by atoms with E-state index in [-0.39, 0.29) is 18.5 Å². The Bertz CT molecular complexity index is 1290. The summed E-state index contributed by atoms with van der Waals surface area (Å²) < 4.78 is 38.7. The van der Waals surface area contributed by atoms with Gasteiger partial charge in [-0.05, 0) is 60.5 Å². The van der Waals surface area contributed by atoms with E-state index in [0.717, 1.165) is 16.0 Å². The van der Waals surface area contributed by atoms with E-state index in [2.05, 4.69) is 0 Å². The molecule has 9 heteroatoms. The second kappa shape index (κ2) is 14.1. The molecule has 0 N–H and O–H groups in total. The van der Waals surface area contributed by atoms with Gasteiger partial charge in [-0.15, -0.1) is 11.3 Å². The minimum Gasteiger partial charge on any atom is -0.493 e. The minimum absolute atomic E-state index is 0.228. The van der Waals surface area contributed by atoms with Gasteiger partial charge in [0.15, 0.2) is 11.5 Å². The summed E-state index contributed by atoms with van der Waals surface area (Å²) in [6, 6.07) is 18.5. The van der Waals surface area contributed by atoms with Crippen LogP contribution in [0.3, 0.4) is 0 Å². The molecule has 0 radical (unpaired) electrons. The Hall–Kier alpha value is -3.14. The zero-order chi connectivity index (χ0) is 27.5. The Kier molecular flexibility index (Phi) is 10.9. The molecule has 204 valence electrons. The molecule has 1 heterocycles. The van der Waals surface area contributed by atoms with E-state index < -0.39 is 10.0 Å². The number of hydrogen-bond acceptors (Lipinski definition) is 6. The topological polar surface area (TPSA) is 76.2 Å². The third kappa shape index (κ3) is 8.18. The molecule has 0 spiro atoms. The highest BCUT2D eigenvalue weighted by molar-refractivity contribution is 7.92. The maximum Gasteiger partial charge on any atom is 0.238 e. The molecule has 0 aliphatic carbocycles. The van der Waals surface area contributed by atoms with E-state index in [4.69, 9.17) is 9.47 Å². The fourth-order valence-electron chi connectivity index (χ4n) is 3.92. The van der Waals surface area contributed by atoms with Gasteiger partial charge in [0.05, 0.1) is 27.3 Å².